The zero-order valence-electron chi connectivity index (χ0n) is 14.3. The van der Waals surface area contributed by atoms with Crippen LogP contribution in [-0.4, -0.2) is 22.4 Å². The topological polar surface area (TPSA) is 108 Å². The molecule has 0 aliphatic carbocycles. The predicted molar refractivity (Wildman–Crippen MR) is 105 cm³/mol. The maximum absolute atomic E-state index is 12.1. The fourth-order valence-corrected chi connectivity index (χ4v) is 3.26. The van der Waals surface area contributed by atoms with Crippen molar-refractivity contribution in [3.05, 3.63) is 70.1 Å². The molecule has 2 aromatic carbocycles. The van der Waals surface area contributed by atoms with Crippen LogP contribution in [0.2, 0.25) is 0 Å². The van der Waals surface area contributed by atoms with E-state index in [9.17, 15) is 14.9 Å². The number of para-hydroxylation sites is 1. The molecule has 140 valence electrons. The van der Waals surface area contributed by atoms with Crippen molar-refractivity contribution in [1.82, 2.24) is 4.98 Å². The second-order valence-corrected chi connectivity index (χ2v) is 6.64. The van der Waals surface area contributed by atoms with E-state index in [0.29, 0.717) is 16.6 Å². The van der Waals surface area contributed by atoms with E-state index in [1.807, 2.05) is 30.3 Å². The van der Waals surface area contributed by atoms with Crippen molar-refractivity contribution in [2.45, 2.75) is 0 Å². The standard InChI is InChI=1S/C19H13N3O5S/c23-18(10-26-14-6-3-5-13(9-14)22(24)25)21-19-20-15(11-28-19)17-8-12-4-1-2-7-16(12)27-17/h1-9,11H,10H2,(H,20,21,23). The number of carbonyl (C=O) groups excluding carboxylic acids is 1. The minimum absolute atomic E-state index is 0.103. The van der Waals surface area contributed by atoms with Crippen molar-refractivity contribution in [2.75, 3.05) is 11.9 Å². The molecular weight excluding hydrogens is 382 g/mol. The third-order valence-electron chi connectivity index (χ3n) is 3.83. The summed E-state index contributed by atoms with van der Waals surface area (Å²) in [6.45, 7) is -0.291. The van der Waals surface area contributed by atoms with Gasteiger partial charge in [0.25, 0.3) is 11.6 Å². The Balaban J connectivity index is 1.39. The lowest BCUT2D eigenvalue weighted by atomic mass is 10.2. The molecule has 0 radical (unpaired) electrons. The van der Waals surface area contributed by atoms with Crippen LogP contribution in [0, 0.1) is 10.1 Å². The zero-order valence-corrected chi connectivity index (χ0v) is 15.1. The van der Waals surface area contributed by atoms with Gasteiger partial charge in [0.1, 0.15) is 17.0 Å². The van der Waals surface area contributed by atoms with Crippen molar-refractivity contribution >= 4 is 39.0 Å². The van der Waals surface area contributed by atoms with E-state index in [-0.39, 0.29) is 18.0 Å². The van der Waals surface area contributed by atoms with Gasteiger partial charge in [-0.2, -0.15) is 0 Å². The number of nitrogens with one attached hydrogen (secondary N) is 1. The van der Waals surface area contributed by atoms with Gasteiger partial charge < -0.3 is 9.15 Å². The number of fused-ring (bicyclic) bond motifs is 1. The summed E-state index contributed by atoms with van der Waals surface area (Å²) in [7, 11) is 0. The number of hydrogen-bond donors (Lipinski definition) is 1. The van der Waals surface area contributed by atoms with Crippen molar-refractivity contribution in [3.63, 3.8) is 0 Å². The van der Waals surface area contributed by atoms with Gasteiger partial charge in [-0.3, -0.25) is 20.2 Å². The first-order valence-corrected chi connectivity index (χ1v) is 9.08. The average Bonchev–Trinajstić information content (AvgIpc) is 3.33. The number of ether oxygens (including phenoxy) is 1. The van der Waals surface area contributed by atoms with E-state index in [1.54, 1.807) is 11.4 Å². The van der Waals surface area contributed by atoms with E-state index in [1.165, 1.54) is 29.5 Å². The molecule has 4 aromatic rings. The number of non-ortho nitro benzene ring substituents is 1. The van der Waals surface area contributed by atoms with Gasteiger partial charge in [-0.1, -0.05) is 24.3 Å². The van der Waals surface area contributed by atoms with E-state index >= 15 is 0 Å². The lowest BCUT2D eigenvalue weighted by Gasteiger charge is -2.05. The largest absolute Gasteiger partial charge is 0.484 e. The number of amides is 1. The van der Waals surface area contributed by atoms with Gasteiger partial charge in [0, 0.05) is 16.8 Å². The van der Waals surface area contributed by atoms with Crippen LogP contribution in [-0.2, 0) is 4.79 Å². The lowest BCUT2D eigenvalue weighted by molar-refractivity contribution is -0.384. The smallest absolute Gasteiger partial charge is 0.273 e. The fourth-order valence-electron chi connectivity index (χ4n) is 2.54. The number of furan rings is 1. The first kappa shape index (κ1) is 17.7. The Morgan fingerprint density at radius 3 is 2.89 bits per heavy atom. The highest BCUT2D eigenvalue weighted by Crippen LogP contribution is 2.30. The minimum atomic E-state index is -0.526. The number of nitro groups is 1. The Morgan fingerprint density at radius 1 is 1.21 bits per heavy atom. The molecule has 0 unspecified atom stereocenters. The SMILES string of the molecule is O=C(COc1cccc([N+](=O)[O-])c1)Nc1nc(-c2cc3ccccc3o2)cs1. The third-order valence-corrected chi connectivity index (χ3v) is 4.58. The molecule has 2 aromatic heterocycles. The number of thiazole rings is 1. The molecule has 0 fully saturated rings. The second kappa shape index (κ2) is 7.49. The fraction of sp³-hybridized carbons (Fsp3) is 0.0526. The van der Waals surface area contributed by atoms with Crippen LogP contribution >= 0.6 is 11.3 Å². The summed E-state index contributed by atoms with van der Waals surface area (Å²) in [6.07, 6.45) is 0. The Labute approximate surface area is 162 Å². The molecule has 0 aliphatic heterocycles. The molecule has 0 atom stereocenters. The van der Waals surface area contributed by atoms with Crippen molar-refractivity contribution in [3.8, 4) is 17.2 Å². The monoisotopic (exact) mass is 395 g/mol. The molecule has 1 N–H and O–H groups in total. The highest BCUT2D eigenvalue weighted by molar-refractivity contribution is 7.14. The van der Waals surface area contributed by atoms with Crippen LogP contribution in [0.15, 0.2) is 64.4 Å². The number of carbonyl (C=O) groups is 1. The van der Waals surface area contributed by atoms with Gasteiger partial charge in [-0.15, -0.1) is 11.3 Å². The molecule has 0 bridgehead atoms. The maximum atomic E-state index is 12.1. The Morgan fingerprint density at radius 2 is 2.07 bits per heavy atom. The van der Waals surface area contributed by atoms with Crippen LogP contribution < -0.4 is 10.1 Å². The third kappa shape index (κ3) is 3.84. The number of benzene rings is 2. The molecule has 1 amide bonds. The summed E-state index contributed by atoms with van der Waals surface area (Å²) in [5.41, 5.74) is 1.28. The number of rotatable bonds is 6. The Hall–Kier alpha value is -3.72. The van der Waals surface area contributed by atoms with Gasteiger partial charge in [-0.25, -0.2) is 4.98 Å². The van der Waals surface area contributed by atoms with Gasteiger partial charge in [0.2, 0.25) is 0 Å². The van der Waals surface area contributed by atoms with Crippen LogP contribution in [0.3, 0.4) is 0 Å². The molecule has 28 heavy (non-hydrogen) atoms. The first-order chi connectivity index (χ1) is 13.6. The lowest BCUT2D eigenvalue weighted by Crippen LogP contribution is -2.20. The number of nitrogens with zero attached hydrogens (tertiary/aromatic N) is 2. The summed E-state index contributed by atoms with van der Waals surface area (Å²) in [5, 5.41) is 16.6. The number of anilines is 1. The van der Waals surface area contributed by atoms with Crippen molar-refractivity contribution in [2.24, 2.45) is 0 Å². The Kier molecular flexibility index (Phi) is 4.73. The molecule has 9 heteroatoms. The summed E-state index contributed by atoms with van der Waals surface area (Å²) in [5.74, 6) is 0.439. The predicted octanol–water partition coefficient (Wildman–Crippen LogP) is 4.48. The second-order valence-electron chi connectivity index (χ2n) is 5.78. The quantitative estimate of drug-likeness (QED) is 0.381. The normalized spacial score (nSPS) is 10.7. The maximum Gasteiger partial charge on any atom is 0.273 e. The van der Waals surface area contributed by atoms with E-state index < -0.39 is 10.8 Å². The molecule has 4 rings (SSSR count). The van der Waals surface area contributed by atoms with Gasteiger partial charge in [0.05, 0.1) is 11.0 Å². The van der Waals surface area contributed by atoms with Gasteiger partial charge in [0.15, 0.2) is 17.5 Å². The van der Waals surface area contributed by atoms with E-state index in [2.05, 4.69) is 10.3 Å². The van der Waals surface area contributed by atoms with Crippen LogP contribution in [0.4, 0.5) is 10.8 Å². The molecule has 2 heterocycles. The number of nitro benzene ring substituents is 1. The molecule has 0 spiro atoms. The summed E-state index contributed by atoms with van der Waals surface area (Å²) in [6, 6.07) is 15.2. The highest BCUT2D eigenvalue weighted by Gasteiger charge is 2.13. The van der Waals surface area contributed by atoms with E-state index in [0.717, 1.165) is 11.0 Å². The Bertz CT molecular complexity index is 1130. The van der Waals surface area contributed by atoms with Gasteiger partial charge in [-0.05, 0) is 18.2 Å². The number of hydrogen-bond acceptors (Lipinski definition) is 7. The van der Waals surface area contributed by atoms with E-state index in [4.69, 9.17) is 9.15 Å². The number of aromatic nitrogens is 1. The van der Waals surface area contributed by atoms with Crippen LogP contribution in [0.1, 0.15) is 0 Å². The van der Waals surface area contributed by atoms with Crippen molar-refractivity contribution < 1.29 is 18.9 Å². The molecule has 8 nitrogen and oxygen atoms in total. The first-order valence-electron chi connectivity index (χ1n) is 8.20. The molecular formula is C19H13N3O5S. The summed E-state index contributed by atoms with van der Waals surface area (Å²) >= 11 is 1.26. The zero-order chi connectivity index (χ0) is 19.5. The minimum Gasteiger partial charge on any atom is -0.484 e. The summed E-state index contributed by atoms with van der Waals surface area (Å²) in [4.78, 5) is 26.7. The molecule has 0 saturated carbocycles. The highest BCUT2D eigenvalue weighted by atomic mass is 32.1. The van der Waals surface area contributed by atoms with Gasteiger partial charge >= 0.3 is 0 Å². The molecule has 0 saturated heterocycles. The summed E-state index contributed by atoms with van der Waals surface area (Å²) < 4.78 is 11.1. The molecule has 0 aliphatic rings. The average molecular weight is 395 g/mol. The van der Waals surface area contributed by atoms with Crippen LogP contribution in [0.25, 0.3) is 22.4 Å². The van der Waals surface area contributed by atoms with Crippen LogP contribution in [0.5, 0.6) is 5.75 Å². The van der Waals surface area contributed by atoms with Crippen molar-refractivity contribution in [1.29, 1.82) is 0 Å².